The van der Waals surface area contributed by atoms with E-state index in [0.29, 0.717) is 6.04 Å². The van der Waals surface area contributed by atoms with Gasteiger partial charge >= 0.3 is 0 Å². The predicted molar refractivity (Wildman–Crippen MR) is 143 cm³/mol. The van der Waals surface area contributed by atoms with E-state index in [9.17, 15) is 0 Å². The van der Waals surface area contributed by atoms with Crippen molar-refractivity contribution in [1.29, 1.82) is 0 Å². The maximum Gasteiger partial charge on any atom is 0.0519 e. The number of allylic oxidation sites excluding steroid dienone is 3. The molecule has 0 fully saturated rings. The second-order valence-corrected chi connectivity index (χ2v) is 6.66. The van der Waals surface area contributed by atoms with E-state index in [4.69, 9.17) is 0 Å². The van der Waals surface area contributed by atoms with Crippen LogP contribution in [0.2, 0.25) is 0 Å². The summed E-state index contributed by atoms with van der Waals surface area (Å²) in [6.45, 7) is 29.0. The second kappa shape index (κ2) is 17.9. The van der Waals surface area contributed by atoms with Crippen LogP contribution in [-0.2, 0) is 6.42 Å². The van der Waals surface area contributed by atoms with Crippen LogP contribution in [-0.4, -0.2) is 7.05 Å². The van der Waals surface area contributed by atoms with Crippen LogP contribution in [0.25, 0.3) is 5.57 Å². The predicted octanol–water partition coefficient (Wildman–Crippen LogP) is 7.19. The molecule has 0 unspecified atom stereocenters. The fourth-order valence-corrected chi connectivity index (χ4v) is 3.12. The van der Waals surface area contributed by atoms with Crippen LogP contribution in [0, 0.1) is 0 Å². The van der Waals surface area contributed by atoms with Crippen LogP contribution in [0.3, 0.4) is 0 Å². The maximum atomic E-state index is 4.61. The molecule has 1 aromatic rings. The van der Waals surface area contributed by atoms with Crippen molar-refractivity contribution in [1.82, 2.24) is 10.6 Å². The summed E-state index contributed by atoms with van der Waals surface area (Å²) in [5.41, 5.74) is 12.7. The molecule has 0 bridgehead atoms. The molecule has 0 aliphatic heterocycles. The topological polar surface area (TPSA) is 50.1 Å². The van der Waals surface area contributed by atoms with Crippen molar-refractivity contribution in [3.05, 3.63) is 103 Å². The Labute approximate surface area is 192 Å². The molecular formula is C28H45N3. The first-order chi connectivity index (χ1) is 14.8. The molecule has 1 aliphatic carbocycles. The number of benzene rings is 1. The van der Waals surface area contributed by atoms with Crippen molar-refractivity contribution in [3.63, 3.8) is 0 Å². The summed E-state index contributed by atoms with van der Waals surface area (Å²) in [5, 5.41) is 6.70. The van der Waals surface area contributed by atoms with Gasteiger partial charge in [0.05, 0.1) is 6.04 Å². The van der Waals surface area contributed by atoms with Gasteiger partial charge in [0.15, 0.2) is 0 Å². The lowest BCUT2D eigenvalue weighted by molar-refractivity contribution is 0.598. The molecule has 172 valence electrons. The highest BCUT2D eigenvalue weighted by atomic mass is 14.9. The van der Waals surface area contributed by atoms with E-state index < -0.39 is 0 Å². The van der Waals surface area contributed by atoms with Crippen molar-refractivity contribution in [3.8, 4) is 0 Å². The molecule has 1 aromatic carbocycles. The molecule has 0 heterocycles. The van der Waals surface area contributed by atoms with Crippen molar-refractivity contribution in [2.45, 2.75) is 59.9 Å². The van der Waals surface area contributed by atoms with Gasteiger partial charge in [-0.1, -0.05) is 77.4 Å². The van der Waals surface area contributed by atoms with Gasteiger partial charge in [-0.25, -0.2) is 0 Å². The molecule has 1 aliphatic rings. The van der Waals surface area contributed by atoms with Crippen molar-refractivity contribution in [2.24, 2.45) is 5.73 Å². The average molecular weight is 424 g/mol. The van der Waals surface area contributed by atoms with Crippen molar-refractivity contribution < 1.29 is 0 Å². The molecule has 0 amide bonds. The molecule has 3 heteroatoms. The van der Waals surface area contributed by atoms with Gasteiger partial charge in [0.1, 0.15) is 0 Å². The lowest BCUT2D eigenvalue weighted by Gasteiger charge is -2.20. The summed E-state index contributed by atoms with van der Waals surface area (Å²) in [7, 11) is 1.90. The Balaban J connectivity index is 0. The summed E-state index contributed by atoms with van der Waals surface area (Å²) < 4.78 is 0. The summed E-state index contributed by atoms with van der Waals surface area (Å²) in [6, 6.07) is 7.03. The first-order valence-corrected chi connectivity index (χ1v) is 11.0. The van der Waals surface area contributed by atoms with Crippen LogP contribution in [0.4, 0.5) is 0 Å². The molecule has 2 rings (SSSR count). The van der Waals surface area contributed by atoms with Gasteiger partial charge in [0, 0.05) is 24.0 Å². The van der Waals surface area contributed by atoms with Crippen LogP contribution in [0.15, 0.2) is 86.4 Å². The third-order valence-electron chi connectivity index (χ3n) is 4.65. The molecule has 0 radical (unpaired) electrons. The minimum atomic E-state index is 0.313. The van der Waals surface area contributed by atoms with Gasteiger partial charge in [-0.3, -0.25) is 0 Å². The zero-order valence-corrected chi connectivity index (χ0v) is 20.8. The van der Waals surface area contributed by atoms with Crippen LogP contribution < -0.4 is 16.4 Å². The van der Waals surface area contributed by atoms with E-state index in [2.05, 4.69) is 74.4 Å². The molecule has 0 saturated heterocycles. The number of nitrogens with one attached hydrogen (secondary N) is 2. The fraction of sp³-hybridized carbons (Fsp3) is 0.357. The maximum absolute atomic E-state index is 4.61. The zero-order valence-electron chi connectivity index (χ0n) is 20.8. The Bertz CT molecular complexity index is 748. The lowest BCUT2D eigenvalue weighted by Crippen LogP contribution is -2.21. The summed E-state index contributed by atoms with van der Waals surface area (Å²) in [6.07, 6.45) is 8.20. The van der Waals surface area contributed by atoms with E-state index >= 15 is 0 Å². The third-order valence-corrected chi connectivity index (χ3v) is 4.65. The Hall–Kier alpha value is -2.94. The number of hydrogen-bond acceptors (Lipinski definition) is 3. The van der Waals surface area contributed by atoms with Gasteiger partial charge in [0.2, 0.25) is 0 Å². The van der Waals surface area contributed by atoms with Crippen LogP contribution in [0.1, 0.15) is 70.2 Å². The molecule has 1 atom stereocenters. The summed E-state index contributed by atoms with van der Waals surface area (Å²) in [4.78, 5) is 0. The van der Waals surface area contributed by atoms with Crippen LogP contribution >= 0.6 is 0 Å². The number of aryl methyl sites for hydroxylation is 1. The second-order valence-electron chi connectivity index (χ2n) is 6.66. The molecule has 31 heavy (non-hydrogen) atoms. The standard InChI is InChI=1S/C21H28N2.C3H6.C2H5N.C2H6/c1-7-14(3)17-9-11-19-18(13-17)10-12-21(19)23-16(5)15(4)20(8-2)22-6;1-3-2;1-2-3;1-2/h8-9,11,13,21-23H,3-5,7,10,12H2,1-2,6H3;3H,1H2,2H3;2H,1,3H2;1-2H3/b20-8+;;;/t21-;;;/m0.../s1. The first kappa shape index (κ1) is 30.3. The Kier molecular flexibility index (Phi) is 17.4. The monoisotopic (exact) mass is 423 g/mol. The van der Waals surface area contributed by atoms with Gasteiger partial charge in [-0.15, -0.1) is 6.58 Å². The van der Waals surface area contributed by atoms with Crippen molar-refractivity contribution >= 4 is 5.57 Å². The fourth-order valence-electron chi connectivity index (χ4n) is 3.12. The van der Waals surface area contributed by atoms with E-state index in [-0.39, 0.29) is 0 Å². The van der Waals surface area contributed by atoms with Gasteiger partial charge in [0.25, 0.3) is 0 Å². The zero-order chi connectivity index (χ0) is 24.4. The lowest BCUT2D eigenvalue weighted by atomic mass is 9.99. The first-order valence-electron chi connectivity index (χ1n) is 11.0. The molecule has 0 aromatic heterocycles. The number of rotatable bonds is 7. The normalized spacial score (nSPS) is 13.4. The van der Waals surface area contributed by atoms with Crippen molar-refractivity contribution in [2.75, 3.05) is 7.05 Å². The minimum Gasteiger partial charge on any atom is -0.405 e. The molecule has 4 N–H and O–H groups in total. The summed E-state index contributed by atoms with van der Waals surface area (Å²) >= 11 is 0. The van der Waals surface area contributed by atoms with Crippen LogP contribution in [0.5, 0.6) is 0 Å². The molecule has 3 nitrogen and oxygen atoms in total. The Morgan fingerprint density at radius 1 is 1.16 bits per heavy atom. The molecule has 0 saturated carbocycles. The highest BCUT2D eigenvalue weighted by molar-refractivity contribution is 5.64. The van der Waals surface area contributed by atoms with E-state index in [1.54, 1.807) is 6.08 Å². The largest absolute Gasteiger partial charge is 0.405 e. The number of hydrogen-bond donors (Lipinski definition) is 3. The summed E-state index contributed by atoms with van der Waals surface area (Å²) in [5.74, 6) is 0. The van der Waals surface area contributed by atoms with E-state index in [0.717, 1.165) is 36.2 Å². The van der Waals surface area contributed by atoms with Gasteiger partial charge < -0.3 is 16.4 Å². The molecular weight excluding hydrogens is 378 g/mol. The number of nitrogens with two attached hydrogens (primary N) is 1. The SMILES string of the molecule is C=C(N[C@H]1CCc2cc(C(=C)CC)ccc21)C(=C)/C(=C\C)NC.C=CC.C=CN.CC. The highest BCUT2D eigenvalue weighted by Gasteiger charge is 2.23. The third kappa shape index (κ3) is 10.1. The highest BCUT2D eigenvalue weighted by Crippen LogP contribution is 2.34. The average Bonchev–Trinajstić information content (AvgIpc) is 3.18. The number of likely N-dealkylation sites (N-methyl/N-ethyl adjacent to an activating group) is 1. The van der Waals surface area contributed by atoms with Gasteiger partial charge in [-0.2, -0.15) is 0 Å². The van der Waals surface area contributed by atoms with E-state index in [1.807, 2.05) is 40.8 Å². The van der Waals surface area contributed by atoms with Gasteiger partial charge in [-0.05, 0) is 61.6 Å². The van der Waals surface area contributed by atoms with E-state index in [1.165, 1.54) is 28.5 Å². The Morgan fingerprint density at radius 3 is 2.16 bits per heavy atom. The number of fused-ring (bicyclic) bond motifs is 1. The quantitative estimate of drug-likeness (QED) is 0.321. The Morgan fingerprint density at radius 2 is 1.71 bits per heavy atom. The molecule has 0 spiro atoms. The smallest absolute Gasteiger partial charge is 0.0519 e. The minimum absolute atomic E-state index is 0.313.